The standard InChI is InChI=1S/C22H32N4O3S/c1-17-24-20(26-13-6-5-7-14-26)16-21(25-17)29-15-12-23-30(27,28)19-10-8-18(9-11-19)22(2,3)4/h8-11,16,23H,5-7,12-15H2,1-4H3. The lowest BCUT2D eigenvalue weighted by atomic mass is 9.87. The summed E-state index contributed by atoms with van der Waals surface area (Å²) >= 11 is 0. The van der Waals surface area contributed by atoms with Crippen molar-refractivity contribution in [3.05, 3.63) is 41.7 Å². The highest BCUT2D eigenvalue weighted by atomic mass is 32.2. The van der Waals surface area contributed by atoms with Crippen LogP contribution in [-0.4, -0.2) is 44.6 Å². The summed E-state index contributed by atoms with van der Waals surface area (Å²) in [5, 5.41) is 0. The van der Waals surface area contributed by atoms with E-state index in [1.54, 1.807) is 12.1 Å². The fourth-order valence-corrected chi connectivity index (χ4v) is 4.45. The molecule has 0 radical (unpaired) electrons. The van der Waals surface area contributed by atoms with Crippen LogP contribution in [0.1, 0.15) is 51.4 Å². The Balaban J connectivity index is 1.55. The molecule has 1 aliphatic heterocycles. The van der Waals surface area contributed by atoms with E-state index < -0.39 is 10.0 Å². The molecule has 3 rings (SSSR count). The van der Waals surface area contributed by atoms with Crippen LogP contribution in [0.2, 0.25) is 0 Å². The van der Waals surface area contributed by atoms with Crippen molar-refractivity contribution in [1.82, 2.24) is 14.7 Å². The second-order valence-electron chi connectivity index (χ2n) is 8.68. The highest BCUT2D eigenvalue weighted by Gasteiger charge is 2.18. The third-order valence-electron chi connectivity index (χ3n) is 5.16. The van der Waals surface area contributed by atoms with E-state index in [4.69, 9.17) is 4.74 Å². The molecule has 0 bridgehead atoms. The van der Waals surface area contributed by atoms with Gasteiger partial charge in [0.15, 0.2) is 0 Å². The summed E-state index contributed by atoms with van der Waals surface area (Å²) in [5.74, 6) is 1.99. The van der Waals surface area contributed by atoms with Gasteiger partial charge in [-0.15, -0.1) is 0 Å². The minimum absolute atomic E-state index is 0.0215. The number of benzene rings is 1. The van der Waals surface area contributed by atoms with Gasteiger partial charge in [-0.25, -0.2) is 18.1 Å². The number of aryl methyl sites for hydroxylation is 1. The van der Waals surface area contributed by atoms with Crippen molar-refractivity contribution in [3.63, 3.8) is 0 Å². The number of nitrogens with zero attached hydrogens (tertiary/aromatic N) is 3. The van der Waals surface area contributed by atoms with E-state index >= 15 is 0 Å². The third-order valence-corrected chi connectivity index (χ3v) is 6.63. The van der Waals surface area contributed by atoms with Crippen molar-refractivity contribution in [2.45, 2.75) is 57.3 Å². The van der Waals surface area contributed by atoms with Crippen LogP contribution in [-0.2, 0) is 15.4 Å². The minimum Gasteiger partial charge on any atom is -0.476 e. The van der Waals surface area contributed by atoms with Gasteiger partial charge in [0.05, 0.1) is 4.90 Å². The number of anilines is 1. The first-order chi connectivity index (χ1) is 14.1. The van der Waals surface area contributed by atoms with Crippen molar-refractivity contribution in [2.75, 3.05) is 31.1 Å². The molecular formula is C22H32N4O3S. The average Bonchev–Trinajstić information content (AvgIpc) is 2.71. The maximum absolute atomic E-state index is 12.5. The topological polar surface area (TPSA) is 84.4 Å². The molecule has 0 aliphatic carbocycles. The first-order valence-corrected chi connectivity index (χ1v) is 12.0. The zero-order chi connectivity index (χ0) is 21.8. The number of piperidine rings is 1. The quantitative estimate of drug-likeness (QED) is 0.675. The van der Waals surface area contributed by atoms with Crippen LogP contribution >= 0.6 is 0 Å². The largest absolute Gasteiger partial charge is 0.476 e. The molecule has 1 fully saturated rings. The Morgan fingerprint density at radius 1 is 1.07 bits per heavy atom. The predicted octanol–water partition coefficient (Wildman–Crippen LogP) is 3.43. The zero-order valence-electron chi connectivity index (χ0n) is 18.3. The smallest absolute Gasteiger partial charge is 0.240 e. The Hall–Kier alpha value is -2.19. The first kappa shape index (κ1) is 22.5. The number of hydrogen-bond donors (Lipinski definition) is 1. The SMILES string of the molecule is Cc1nc(OCCNS(=O)(=O)c2ccc(C(C)(C)C)cc2)cc(N2CCCCC2)n1. The molecule has 1 N–H and O–H groups in total. The molecule has 1 aromatic heterocycles. The Bertz CT molecular complexity index is 947. The average molecular weight is 433 g/mol. The van der Waals surface area contributed by atoms with E-state index in [9.17, 15) is 8.42 Å². The fraction of sp³-hybridized carbons (Fsp3) is 0.545. The summed E-state index contributed by atoms with van der Waals surface area (Å²) in [4.78, 5) is 11.3. The van der Waals surface area contributed by atoms with E-state index in [2.05, 4.69) is 40.4 Å². The van der Waals surface area contributed by atoms with Gasteiger partial charge < -0.3 is 9.64 Å². The molecule has 0 atom stereocenters. The first-order valence-electron chi connectivity index (χ1n) is 10.5. The minimum atomic E-state index is -3.58. The van der Waals surface area contributed by atoms with Gasteiger partial charge in [-0.1, -0.05) is 32.9 Å². The number of rotatable bonds is 7. The van der Waals surface area contributed by atoms with Gasteiger partial charge in [0.1, 0.15) is 18.2 Å². The lowest BCUT2D eigenvalue weighted by Gasteiger charge is -2.28. The van der Waals surface area contributed by atoms with Crippen LogP contribution in [0.4, 0.5) is 5.82 Å². The molecule has 0 saturated carbocycles. The molecule has 2 heterocycles. The van der Waals surface area contributed by atoms with E-state index in [1.165, 1.54) is 6.42 Å². The fourth-order valence-electron chi connectivity index (χ4n) is 3.43. The number of ether oxygens (including phenoxy) is 1. The van der Waals surface area contributed by atoms with Gasteiger partial charge >= 0.3 is 0 Å². The Labute approximate surface area is 179 Å². The van der Waals surface area contributed by atoms with Crippen LogP contribution in [0.3, 0.4) is 0 Å². The molecular weight excluding hydrogens is 400 g/mol. The second kappa shape index (κ2) is 9.31. The number of nitrogens with one attached hydrogen (secondary N) is 1. The van der Waals surface area contributed by atoms with Gasteiger partial charge in [0, 0.05) is 25.7 Å². The number of hydrogen-bond acceptors (Lipinski definition) is 6. The van der Waals surface area contributed by atoms with Crippen molar-refractivity contribution < 1.29 is 13.2 Å². The molecule has 2 aromatic rings. The van der Waals surface area contributed by atoms with E-state index in [0.717, 1.165) is 37.3 Å². The summed E-state index contributed by atoms with van der Waals surface area (Å²) in [6.45, 7) is 10.4. The van der Waals surface area contributed by atoms with Crippen LogP contribution in [0, 0.1) is 6.92 Å². The molecule has 1 aromatic carbocycles. The molecule has 0 spiro atoms. The molecule has 0 unspecified atom stereocenters. The third kappa shape index (κ3) is 5.92. The van der Waals surface area contributed by atoms with Gasteiger partial charge in [0.25, 0.3) is 0 Å². The molecule has 8 heteroatoms. The molecule has 7 nitrogen and oxygen atoms in total. The van der Waals surface area contributed by atoms with Gasteiger partial charge in [-0.2, -0.15) is 4.98 Å². The van der Waals surface area contributed by atoms with E-state index in [-0.39, 0.29) is 23.5 Å². The molecule has 30 heavy (non-hydrogen) atoms. The van der Waals surface area contributed by atoms with Crippen LogP contribution in [0.5, 0.6) is 5.88 Å². The Kier molecular flexibility index (Phi) is 6.98. The van der Waals surface area contributed by atoms with E-state index in [1.807, 2.05) is 25.1 Å². The summed E-state index contributed by atoms with van der Waals surface area (Å²) in [7, 11) is -3.58. The molecule has 1 saturated heterocycles. The maximum Gasteiger partial charge on any atom is 0.240 e. The normalized spacial score (nSPS) is 15.3. The lowest BCUT2D eigenvalue weighted by Crippen LogP contribution is -2.30. The Morgan fingerprint density at radius 2 is 1.73 bits per heavy atom. The van der Waals surface area contributed by atoms with Crippen LogP contribution < -0.4 is 14.4 Å². The monoisotopic (exact) mass is 432 g/mol. The van der Waals surface area contributed by atoms with Crippen molar-refractivity contribution >= 4 is 15.8 Å². The second-order valence-corrected chi connectivity index (χ2v) is 10.4. The highest BCUT2D eigenvalue weighted by molar-refractivity contribution is 7.89. The van der Waals surface area contributed by atoms with Crippen LogP contribution in [0.15, 0.2) is 35.2 Å². The van der Waals surface area contributed by atoms with Gasteiger partial charge in [0.2, 0.25) is 15.9 Å². The van der Waals surface area contributed by atoms with Gasteiger partial charge in [-0.3, -0.25) is 0 Å². The van der Waals surface area contributed by atoms with Gasteiger partial charge in [-0.05, 0) is 49.3 Å². The summed E-state index contributed by atoms with van der Waals surface area (Å²) < 4.78 is 33.3. The van der Waals surface area contributed by atoms with E-state index in [0.29, 0.717) is 11.7 Å². The summed E-state index contributed by atoms with van der Waals surface area (Å²) in [6, 6.07) is 8.83. The molecule has 0 amide bonds. The molecule has 164 valence electrons. The number of aromatic nitrogens is 2. The van der Waals surface area contributed by atoms with Crippen molar-refractivity contribution in [2.24, 2.45) is 0 Å². The van der Waals surface area contributed by atoms with Crippen molar-refractivity contribution in [1.29, 1.82) is 0 Å². The molecule has 1 aliphatic rings. The zero-order valence-corrected chi connectivity index (χ0v) is 19.1. The predicted molar refractivity (Wildman–Crippen MR) is 119 cm³/mol. The van der Waals surface area contributed by atoms with Crippen molar-refractivity contribution in [3.8, 4) is 5.88 Å². The summed E-state index contributed by atoms with van der Waals surface area (Å²) in [5.41, 5.74) is 1.07. The van der Waals surface area contributed by atoms with Crippen LogP contribution in [0.25, 0.3) is 0 Å². The highest BCUT2D eigenvalue weighted by Crippen LogP contribution is 2.23. The number of sulfonamides is 1. The Morgan fingerprint density at radius 3 is 2.37 bits per heavy atom. The maximum atomic E-state index is 12.5. The summed E-state index contributed by atoms with van der Waals surface area (Å²) in [6.07, 6.45) is 3.58. The lowest BCUT2D eigenvalue weighted by molar-refractivity contribution is 0.309.